The minimum Gasteiger partial charge on any atom is -0.490 e. The Balaban J connectivity index is 1.59. The molecular weight excluding hydrogens is 671 g/mol. The van der Waals surface area contributed by atoms with Crippen molar-refractivity contribution in [3.8, 4) is 11.5 Å². The zero-order valence-corrected chi connectivity index (χ0v) is 24.5. The van der Waals surface area contributed by atoms with E-state index in [0.29, 0.717) is 40.5 Å². The van der Waals surface area contributed by atoms with Crippen LogP contribution >= 0.6 is 50.3 Å². The SMILES string of the molecule is CCOc1cc(/C=C2\SC(=Nc3cccc(C(=O)O)c3)N(C)C2=O)cc(I)c1OCc1ccc(Br)cc1. The van der Waals surface area contributed by atoms with E-state index >= 15 is 0 Å². The summed E-state index contributed by atoms with van der Waals surface area (Å²) in [4.78, 5) is 30.6. The van der Waals surface area contributed by atoms with Gasteiger partial charge in [0.2, 0.25) is 0 Å². The number of likely N-dealkylation sites (N-methyl/N-ethyl adjacent to an activating group) is 1. The Labute approximate surface area is 240 Å². The lowest BCUT2D eigenvalue weighted by atomic mass is 10.1. The van der Waals surface area contributed by atoms with Crippen LogP contribution in [0.5, 0.6) is 11.5 Å². The maximum atomic E-state index is 12.9. The summed E-state index contributed by atoms with van der Waals surface area (Å²) in [6.45, 7) is 2.77. The Morgan fingerprint density at radius 2 is 1.92 bits per heavy atom. The van der Waals surface area contributed by atoms with Gasteiger partial charge in [-0.25, -0.2) is 9.79 Å². The first-order valence-electron chi connectivity index (χ1n) is 11.2. The zero-order valence-electron chi connectivity index (χ0n) is 19.9. The number of benzene rings is 3. The van der Waals surface area contributed by atoms with Crippen LogP contribution in [0.25, 0.3) is 6.08 Å². The van der Waals surface area contributed by atoms with E-state index in [2.05, 4.69) is 43.5 Å². The Hall–Kier alpha value is -2.83. The van der Waals surface area contributed by atoms with Crippen LogP contribution in [0, 0.1) is 3.57 Å². The lowest BCUT2D eigenvalue weighted by Crippen LogP contribution is -2.23. The summed E-state index contributed by atoms with van der Waals surface area (Å²) < 4.78 is 13.8. The summed E-state index contributed by atoms with van der Waals surface area (Å²) in [6.07, 6.45) is 1.79. The number of carboxylic acids is 1. The summed E-state index contributed by atoms with van der Waals surface area (Å²) in [6, 6.07) is 18.0. The molecule has 0 aromatic heterocycles. The molecule has 4 rings (SSSR count). The third kappa shape index (κ3) is 6.74. The molecular formula is C27H22BrIN2O5S. The van der Waals surface area contributed by atoms with E-state index in [1.807, 2.05) is 43.3 Å². The average molecular weight is 693 g/mol. The van der Waals surface area contributed by atoms with Crippen LogP contribution in [0.1, 0.15) is 28.4 Å². The van der Waals surface area contributed by atoms with E-state index < -0.39 is 5.97 Å². The molecule has 1 aliphatic heterocycles. The monoisotopic (exact) mass is 692 g/mol. The van der Waals surface area contributed by atoms with Crippen molar-refractivity contribution in [3.63, 3.8) is 0 Å². The van der Waals surface area contributed by atoms with Crippen molar-refractivity contribution < 1.29 is 24.2 Å². The number of thioether (sulfide) groups is 1. The molecule has 0 spiro atoms. The molecule has 3 aromatic rings. The van der Waals surface area contributed by atoms with Crippen LogP contribution in [0.15, 0.2) is 75.0 Å². The van der Waals surface area contributed by atoms with E-state index in [9.17, 15) is 14.7 Å². The van der Waals surface area contributed by atoms with Crippen LogP contribution in [-0.2, 0) is 11.4 Å². The van der Waals surface area contributed by atoms with Crippen molar-refractivity contribution >= 4 is 79.1 Å². The first kappa shape index (κ1) is 27.2. The molecule has 1 aliphatic rings. The lowest BCUT2D eigenvalue weighted by Gasteiger charge is -2.15. The van der Waals surface area contributed by atoms with E-state index in [1.165, 1.54) is 28.8 Å². The molecule has 1 N–H and O–H groups in total. The van der Waals surface area contributed by atoms with Gasteiger partial charge in [-0.1, -0.05) is 34.1 Å². The quantitative estimate of drug-likeness (QED) is 0.203. The number of hydrogen-bond acceptors (Lipinski definition) is 6. The van der Waals surface area contributed by atoms with E-state index in [0.717, 1.165) is 19.2 Å². The molecule has 3 aromatic carbocycles. The fourth-order valence-corrected chi connectivity index (χ4v) is 5.46. The second kappa shape index (κ2) is 12.1. The summed E-state index contributed by atoms with van der Waals surface area (Å²) in [5.41, 5.74) is 2.42. The van der Waals surface area contributed by atoms with Crippen LogP contribution in [-0.4, -0.2) is 40.7 Å². The van der Waals surface area contributed by atoms with Crippen LogP contribution < -0.4 is 9.47 Å². The summed E-state index contributed by atoms with van der Waals surface area (Å²) in [5.74, 6) is 0.0222. The van der Waals surface area contributed by atoms with E-state index in [4.69, 9.17) is 9.47 Å². The van der Waals surface area contributed by atoms with Gasteiger partial charge in [-0.2, -0.15) is 0 Å². The number of amides is 1. The highest BCUT2D eigenvalue weighted by atomic mass is 127. The molecule has 1 amide bonds. The largest absolute Gasteiger partial charge is 0.490 e. The van der Waals surface area contributed by atoms with Gasteiger partial charge in [-0.05, 0) is 101 Å². The Kier molecular flexibility index (Phi) is 8.93. The van der Waals surface area contributed by atoms with Crippen molar-refractivity contribution in [3.05, 3.63) is 90.3 Å². The number of aromatic carboxylic acids is 1. The van der Waals surface area contributed by atoms with Crippen molar-refractivity contribution in [2.75, 3.05) is 13.7 Å². The molecule has 190 valence electrons. The van der Waals surface area contributed by atoms with Crippen molar-refractivity contribution in [1.29, 1.82) is 0 Å². The van der Waals surface area contributed by atoms with Gasteiger partial charge >= 0.3 is 5.97 Å². The van der Waals surface area contributed by atoms with Crippen molar-refractivity contribution in [2.24, 2.45) is 4.99 Å². The minimum atomic E-state index is -1.03. The second-order valence-corrected chi connectivity index (χ2v) is 11.0. The number of rotatable bonds is 8. The molecule has 7 nitrogen and oxygen atoms in total. The molecule has 1 heterocycles. The molecule has 37 heavy (non-hydrogen) atoms. The van der Waals surface area contributed by atoms with Gasteiger partial charge in [-0.3, -0.25) is 9.69 Å². The second-order valence-electron chi connectivity index (χ2n) is 7.90. The minimum absolute atomic E-state index is 0.134. The fourth-order valence-electron chi connectivity index (χ4n) is 3.43. The summed E-state index contributed by atoms with van der Waals surface area (Å²) >= 11 is 6.88. The molecule has 0 unspecified atom stereocenters. The maximum Gasteiger partial charge on any atom is 0.335 e. The predicted octanol–water partition coefficient (Wildman–Crippen LogP) is 6.96. The first-order chi connectivity index (χ1) is 17.7. The van der Waals surface area contributed by atoms with Crippen molar-refractivity contribution in [2.45, 2.75) is 13.5 Å². The number of carbonyl (C=O) groups is 2. The molecule has 1 fully saturated rings. The highest BCUT2D eigenvalue weighted by Crippen LogP contribution is 2.38. The number of nitrogens with zero attached hydrogens (tertiary/aromatic N) is 2. The van der Waals surface area contributed by atoms with Crippen molar-refractivity contribution in [1.82, 2.24) is 4.90 Å². The number of amidine groups is 1. The number of aliphatic imine (C=N–C) groups is 1. The van der Waals surface area contributed by atoms with Gasteiger partial charge in [0.1, 0.15) is 6.61 Å². The zero-order chi connectivity index (χ0) is 26.5. The topological polar surface area (TPSA) is 88.4 Å². The third-order valence-corrected chi connectivity index (χ3v) is 7.64. The molecule has 0 bridgehead atoms. The predicted molar refractivity (Wildman–Crippen MR) is 158 cm³/mol. The summed E-state index contributed by atoms with van der Waals surface area (Å²) in [7, 11) is 1.64. The van der Waals surface area contributed by atoms with Gasteiger partial charge in [0.25, 0.3) is 5.91 Å². The molecule has 10 heteroatoms. The summed E-state index contributed by atoms with van der Waals surface area (Å²) in [5, 5.41) is 9.69. The van der Waals surface area contributed by atoms with Gasteiger partial charge in [-0.15, -0.1) is 0 Å². The molecule has 0 atom stereocenters. The van der Waals surface area contributed by atoms with Gasteiger partial charge in [0.05, 0.1) is 26.3 Å². The Morgan fingerprint density at radius 1 is 1.16 bits per heavy atom. The van der Waals surface area contributed by atoms with Crippen LogP contribution in [0.4, 0.5) is 5.69 Å². The maximum absolute atomic E-state index is 12.9. The van der Waals surface area contributed by atoms with E-state index in [1.54, 1.807) is 25.3 Å². The van der Waals surface area contributed by atoms with E-state index in [-0.39, 0.29) is 11.5 Å². The first-order valence-corrected chi connectivity index (χ1v) is 13.9. The standard InChI is InChI=1S/C27H22BrIN2O5S/c1-3-35-22-12-17(11-21(29)24(22)36-15-16-7-9-19(28)10-8-16)13-23-25(32)31(2)27(37-23)30-20-6-4-5-18(14-20)26(33)34/h4-14H,3,15H2,1-2H3,(H,33,34)/b23-13-,30-27?. The molecule has 0 aliphatic carbocycles. The normalized spacial score (nSPS) is 15.5. The number of hydrogen-bond donors (Lipinski definition) is 1. The highest BCUT2D eigenvalue weighted by molar-refractivity contribution is 14.1. The Bertz CT molecular complexity index is 1410. The van der Waals surface area contributed by atoms with Gasteiger partial charge in [0.15, 0.2) is 16.7 Å². The van der Waals surface area contributed by atoms with Gasteiger partial charge < -0.3 is 14.6 Å². The third-order valence-electron chi connectivity index (χ3n) is 5.25. The number of ether oxygens (including phenoxy) is 2. The number of carbonyl (C=O) groups excluding carboxylic acids is 1. The smallest absolute Gasteiger partial charge is 0.335 e. The van der Waals surface area contributed by atoms with Gasteiger partial charge in [0, 0.05) is 11.5 Å². The lowest BCUT2D eigenvalue weighted by molar-refractivity contribution is -0.121. The molecule has 0 radical (unpaired) electrons. The number of carboxylic acid groups (broad SMARTS) is 1. The average Bonchev–Trinajstić information content (AvgIpc) is 3.12. The Morgan fingerprint density at radius 3 is 2.62 bits per heavy atom. The highest BCUT2D eigenvalue weighted by Gasteiger charge is 2.30. The number of halogens is 2. The molecule has 1 saturated heterocycles. The van der Waals surface area contributed by atoms with Crippen LogP contribution in [0.3, 0.4) is 0 Å². The van der Waals surface area contributed by atoms with Crippen LogP contribution in [0.2, 0.25) is 0 Å². The fraction of sp³-hybridized carbons (Fsp3) is 0.148. The molecule has 0 saturated carbocycles.